The second-order valence-electron chi connectivity index (χ2n) is 23.2. The van der Waals surface area contributed by atoms with E-state index in [9.17, 15) is 29.5 Å². The van der Waals surface area contributed by atoms with E-state index in [1.165, 1.54) is 18.9 Å². The second kappa shape index (κ2) is 21.9. The first kappa shape index (κ1) is 55.2. The molecule has 0 saturated carbocycles. The van der Waals surface area contributed by atoms with Gasteiger partial charge < -0.3 is 59.5 Å². The molecule has 0 aliphatic carbocycles. The average Bonchev–Trinajstić information content (AvgIpc) is 1.25. The van der Waals surface area contributed by atoms with Crippen molar-refractivity contribution in [3.05, 3.63) is 62.7 Å². The van der Waals surface area contributed by atoms with Crippen LogP contribution in [-0.4, -0.2) is 156 Å². The monoisotopic (exact) mass is 1180 g/mol. The summed E-state index contributed by atoms with van der Waals surface area (Å²) in [5.74, 6) is 2.39. The van der Waals surface area contributed by atoms with E-state index in [0.717, 1.165) is 59.4 Å². The molecular formula is C58H68N8O13S3. The van der Waals surface area contributed by atoms with Crippen LogP contribution in [0.25, 0.3) is 0 Å². The minimum atomic E-state index is -1.46. The van der Waals surface area contributed by atoms with Gasteiger partial charge in [-0.15, -0.1) is 11.8 Å². The molecule has 13 atom stereocenters. The third-order valence-electron chi connectivity index (χ3n) is 18.7. The van der Waals surface area contributed by atoms with Crippen LogP contribution in [0.2, 0.25) is 0 Å². The van der Waals surface area contributed by atoms with E-state index < -0.39 is 58.9 Å². The largest absolute Gasteiger partial charge is 0.504 e. The number of carbonyl (C=O) groups excluding carboxylic acids is 5. The van der Waals surface area contributed by atoms with Crippen LogP contribution in [0.3, 0.4) is 0 Å². The lowest BCUT2D eigenvalue weighted by Crippen LogP contribution is -2.69. The Labute approximate surface area is 488 Å². The Morgan fingerprint density at radius 3 is 2.13 bits per heavy atom. The molecular weight excluding hydrogens is 1110 g/mol. The number of thioether (sulfide) groups is 3. The molecule has 4 bridgehead atoms. The van der Waals surface area contributed by atoms with E-state index in [1.54, 1.807) is 19.2 Å². The van der Waals surface area contributed by atoms with Crippen LogP contribution < -0.4 is 55.0 Å². The van der Waals surface area contributed by atoms with E-state index in [2.05, 4.69) is 48.5 Å². The van der Waals surface area contributed by atoms with Crippen LogP contribution in [-0.2, 0) is 37.5 Å². The van der Waals surface area contributed by atoms with Gasteiger partial charge in [0, 0.05) is 81.5 Å². The molecule has 0 aromatic heterocycles. The lowest BCUT2D eigenvalue weighted by molar-refractivity contribution is -0.157. The molecule has 21 nitrogen and oxygen atoms in total. The number of urea groups is 2. The van der Waals surface area contributed by atoms with Gasteiger partial charge >= 0.3 is 30.0 Å². The Bertz CT molecular complexity index is 3200. The first-order valence-corrected chi connectivity index (χ1v) is 31.6. The number of hydrogen-bond acceptors (Lipinski definition) is 20. The molecule has 4 amide bonds. The molecule has 1 spiro atoms. The number of phenolic OH excluding ortho intramolecular Hbond substituents is 1. The van der Waals surface area contributed by atoms with Crippen molar-refractivity contribution >= 4 is 65.3 Å². The van der Waals surface area contributed by atoms with Crippen LogP contribution in [0, 0.1) is 25.2 Å². The van der Waals surface area contributed by atoms with Crippen molar-refractivity contribution in [2.75, 3.05) is 58.5 Å². The van der Waals surface area contributed by atoms with Crippen LogP contribution in [0.15, 0.2) is 18.2 Å². The fraction of sp³-hybridized carbons (Fsp3) is 0.586. The number of fused-ring (bicyclic) bond motifs is 11. The summed E-state index contributed by atoms with van der Waals surface area (Å²) in [6.07, 6.45) is 5.49. The lowest BCUT2D eigenvalue weighted by Gasteiger charge is -2.62. The highest BCUT2D eigenvalue weighted by Crippen LogP contribution is 2.65. The van der Waals surface area contributed by atoms with Gasteiger partial charge in [-0.05, 0) is 93.8 Å². The van der Waals surface area contributed by atoms with Crippen molar-refractivity contribution in [1.29, 1.82) is 5.26 Å². The number of aryl methyl sites for hydroxylation is 1. The molecule has 14 rings (SSSR count). The van der Waals surface area contributed by atoms with Crippen LogP contribution in [0.5, 0.6) is 40.2 Å². The number of methoxy groups -OCH3 is 2. The highest BCUT2D eigenvalue weighted by Gasteiger charge is 2.62. The number of nitrogens with one attached hydrogen (secondary N) is 5. The van der Waals surface area contributed by atoms with Crippen LogP contribution >= 0.6 is 35.3 Å². The lowest BCUT2D eigenvalue weighted by atomic mass is 9.71. The fourth-order valence-corrected chi connectivity index (χ4v) is 19.7. The molecule has 436 valence electrons. The zero-order valence-electron chi connectivity index (χ0n) is 46.4. The molecule has 6 N–H and O–H groups in total. The van der Waals surface area contributed by atoms with Gasteiger partial charge in [-0.1, -0.05) is 18.9 Å². The number of nitriles is 1. The Morgan fingerprint density at radius 1 is 0.805 bits per heavy atom. The quantitative estimate of drug-likeness (QED) is 0.0495. The highest BCUT2D eigenvalue weighted by molar-refractivity contribution is 8.00. The van der Waals surface area contributed by atoms with Crippen molar-refractivity contribution in [2.45, 2.75) is 154 Å². The van der Waals surface area contributed by atoms with Crippen molar-refractivity contribution in [3.8, 4) is 46.3 Å². The van der Waals surface area contributed by atoms with Gasteiger partial charge in [-0.25, -0.2) is 14.4 Å². The first-order valence-electron chi connectivity index (χ1n) is 28.5. The molecule has 11 aliphatic rings. The Kier molecular flexibility index (Phi) is 14.8. The maximum absolute atomic E-state index is 15.3. The van der Waals surface area contributed by atoms with E-state index in [0.29, 0.717) is 83.2 Å². The number of phenols is 1. The summed E-state index contributed by atoms with van der Waals surface area (Å²) in [6, 6.07) is 4.91. The molecule has 3 aromatic carbocycles. The van der Waals surface area contributed by atoms with Gasteiger partial charge in [0.25, 0.3) is 0 Å². The number of likely N-dealkylation sites (N-methyl/N-ethyl adjacent to an activating group) is 1. The second-order valence-corrected chi connectivity index (χ2v) is 26.8. The summed E-state index contributed by atoms with van der Waals surface area (Å²) >= 11 is 5.14. The first-order chi connectivity index (χ1) is 39.7. The minimum Gasteiger partial charge on any atom is -0.504 e. The number of aromatic hydroxyl groups is 1. The maximum atomic E-state index is 15.3. The molecule has 11 heterocycles. The van der Waals surface area contributed by atoms with Crippen LogP contribution in [0.1, 0.15) is 113 Å². The van der Waals surface area contributed by atoms with Crippen molar-refractivity contribution in [2.24, 2.45) is 0 Å². The molecule has 6 unspecified atom stereocenters. The van der Waals surface area contributed by atoms with Crippen molar-refractivity contribution < 1.29 is 62.2 Å². The third-order valence-corrected chi connectivity index (χ3v) is 23.2. The topological polar surface area (TPSA) is 261 Å². The van der Waals surface area contributed by atoms with Crippen molar-refractivity contribution in [1.82, 2.24) is 36.4 Å². The standard InChI is InChI=1S/C58H68N8O13S3/c1-26-16-29-17-33-34(20-59)66-35-21-75-55(70)58(30-19-37(73-4)36(67)18-28(30)14-15-60-58)24-82-54(44-43(35)52-51(76-25-77-52)27(2)50(44)78-40(68)12-8-6-10-38-45-31(22-80-38)61-56(71)63-45)48(66)47(65(33)3)42(29)53(49(26)74-5)79-41(69)13-9-7-11-39-46-32(23-81-39)62-57(72)64-46/h16,18-19,31-35,38-39,45-48,54,60,67H,6-15,17,21-25H2,1-5H3,(H2,61,63,71)(H2,62,64,72)/t31?,32?,33-,34-,35-,38-,39?,45?,46?,47+,48?,54+,58+/m0/s1. The number of hydrogen-bond donors (Lipinski definition) is 6. The summed E-state index contributed by atoms with van der Waals surface area (Å²) in [5, 5.41) is 38.2. The Balaban J connectivity index is 0.900. The number of esters is 3. The van der Waals surface area contributed by atoms with E-state index in [1.807, 2.05) is 44.4 Å². The maximum Gasteiger partial charge on any atom is 0.331 e. The minimum absolute atomic E-state index is 0.0483. The SMILES string of the molecule is COc1cc2c(cc1O)CCN[C@]21CS[C@@H]2c3c(OC(=O)CCCC[C@@H]4SCC5NC(=O)NC54)c(C)c4c(c3[C@H](COC1=O)N1C2[C@H]2c3c(cc(C)c(OC)c3OC(=O)CCCCC3SCC5NC(=O)NC53)C[C@@H]([C@@H]1C#N)N2C)OCO4. The van der Waals surface area contributed by atoms with E-state index in [4.69, 9.17) is 33.2 Å². The average molecular weight is 1180 g/mol. The van der Waals surface area contributed by atoms with E-state index >= 15 is 4.79 Å². The Hall–Kier alpha value is -5.97. The predicted octanol–water partition coefficient (Wildman–Crippen LogP) is 5.62. The number of nitrogens with zero attached hydrogens (tertiary/aromatic N) is 3. The molecule has 6 saturated heterocycles. The predicted molar refractivity (Wildman–Crippen MR) is 304 cm³/mol. The molecule has 24 heteroatoms. The number of amides is 4. The zero-order valence-corrected chi connectivity index (χ0v) is 48.8. The van der Waals surface area contributed by atoms with Gasteiger partial charge in [0.2, 0.25) is 6.79 Å². The molecule has 0 radical (unpaired) electrons. The van der Waals surface area contributed by atoms with Gasteiger partial charge in [0.05, 0.1) is 61.8 Å². The molecule has 82 heavy (non-hydrogen) atoms. The normalized spacial score (nSPS) is 31.6. The fourth-order valence-electron chi connectivity index (χ4n) is 15.0. The summed E-state index contributed by atoms with van der Waals surface area (Å²) in [4.78, 5) is 72.9. The van der Waals surface area contributed by atoms with Crippen LogP contribution in [0.4, 0.5) is 9.59 Å². The number of unbranched alkanes of at least 4 members (excludes halogenated alkanes) is 2. The third kappa shape index (κ3) is 9.12. The number of benzene rings is 3. The summed E-state index contributed by atoms with van der Waals surface area (Å²) in [7, 11) is 5.04. The van der Waals surface area contributed by atoms with Gasteiger partial charge in [0.15, 0.2) is 40.0 Å². The smallest absolute Gasteiger partial charge is 0.331 e. The van der Waals surface area contributed by atoms with Crippen molar-refractivity contribution in [3.63, 3.8) is 0 Å². The molecule has 3 aromatic rings. The number of rotatable bonds is 14. The molecule has 11 aliphatic heterocycles. The van der Waals surface area contributed by atoms with Gasteiger partial charge in [-0.2, -0.15) is 28.8 Å². The van der Waals surface area contributed by atoms with Gasteiger partial charge in [-0.3, -0.25) is 24.7 Å². The Morgan fingerprint density at radius 2 is 1.48 bits per heavy atom. The van der Waals surface area contributed by atoms with Gasteiger partial charge in [0.1, 0.15) is 18.4 Å². The molecule has 6 fully saturated rings. The number of piperazine rings is 1. The summed E-state index contributed by atoms with van der Waals surface area (Å²) < 4.78 is 44.6. The summed E-state index contributed by atoms with van der Waals surface area (Å²) in [6.45, 7) is 3.82. The summed E-state index contributed by atoms with van der Waals surface area (Å²) in [5.41, 5.74) is 4.16. The number of ether oxygens (including phenoxy) is 7. The van der Waals surface area contributed by atoms with E-state index in [-0.39, 0.29) is 90.2 Å². The zero-order chi connectivity index (χ0) is 56.9. The highest BCUT2D eigenvalue weighted by atomic mass is 32.2. The number of carbonyl (C=O) groups is 5.